The third kappa shape index (κ3) is 5.17. The van der Waals surface area contributed by atoms with Gasteiger partial charge in [0.25, 0.3) is 0 Å². The van der Waals surface area contributed by atoms with Gasteiger partial charge in [-0.3, -0.25) is 4.79 Å². The van der Waals surface area contributed by atoms with Crippen LogP contribution in [0.4, 0.5) is 25.8 Å². The van der Waals surface area contributed by atoms with Crippen LogP contribution in [0.1, 0.15) is 6.92 Å². The zero-order valence-corrected chi connectivity index (χ0v) is 16.5. The quantitative estimate of drug-likeness (QED) is 0.620. The topological polar surface area (TPSA) is 90.5 Å². The largest absolute Gasteiger partial charge is 0.384 e. The Morgan fingerprint density at radius 2 is 1.68 bits per heavy atom. The van der Waals surface area contributed by atoms with Gasteiger partial charge in [0.15, 0.2) is 0 Å². The van der Waals surface area contributed by atoms with Crippen molar-refractivity contribution < 1.29 is 22.0 Å². The van der Waals surface area contributed by atoms with Crippen molar-refractivity contribution in [2.24, 2.45) is 0 Å². The maximum atomic E-state index is 13.6. The number of nitrogens with zero attached hydrogens (tertiary/aromatic N) is 1. The molecule has 2 rings (SSSR count). The van der Waals surface area contributed by atoms with Crippen LogP contribution in [-0.4, -0.2) is 45.8 Å². The normalized spacial score (nSPS) is 11.4. The first kappa shape index (κ1) is 21.6. The smallest absolute Gasteiger partial charge is 0.243 e. The van der Waals surface area contributed by atoms with Crippen molar-refractivity contribution in [3.05, 3.63) is 48.0 Å². The van der Waals surface area contributed by atoms with E-state index in [9.17, 15) is 22.0 Å². The van der Waals surface area contributed by atoms with Crippen molar-refractivity contribution in [1.82, 2.24) is 4.31 Å². The summed E-state index contributed by atoms with van der Waals surface area (Å²) in [7, 11) is -0.804. The monoisotopic (exact) mass is 412 g/mol. The van der Waals surface area contributed by atoms with Crippen LogP contribution in [0.2, 0.25) is 0 Å². The van der Waals surface area contributed by atoms with Gasteiger partial charge in [-0.2, -0.15) is 0 Å². The highest BCUT2D eigenvalue weighted by molar-refractivity contribution is 7.89. The zero-order valence-electron chi connectivity index (χ0n) is 15.7. The van der Waals surface area contributed by atoms with Gasteiger partial charge in [0.2, 0.25) is 15.9 Å². The molecular weight excluding hydrogens is 390 g/mol. The summed E-state index contributed by atoms with van der Waals surface area (Å²) in [5.74, 6) is -2.21. The summed E-state index contributed by atoms with van der Waals surface area (Å²) in [4.78, 5) is 12.2. The lowest BCUT2D eigenvalue weighted by atomic mass is 10.2. The summed E-state index contributed by atoms with van der Waals surface area (Å²) in [5.41, 5.74) is 0.865. The Bertz CT molecular complexity index is 965. The molecule has 0 radical (unpaired) electrons. The second-order valence-corrected chi connectivity index (χ2v) is 8.20. The second-order valence-electron chi connectivity index (χ2n) is 6.05. The predicted molar refractivity (Wildman–Crippen MR) is 105 cm³/mol. The van der Waals surface area contributed by atoms with Gasteiger partial charge in [0.05, 0.1) is 28.5 Å². The van der Waals surface area contributed by atoms with Gasteiger partial charge < -0.3 is 16.0 Å². The Morgan fingerprint density at radius 3 is 2.29 bits per heavy atom. The summed E-state index contributed by atoms with van der Waals surface area (Å²) in [6.45, 7) is 2.21. The SMILES string of the molecule is CCNc1ccc(S(=O)(=O)N(C)C)cc1NCC(=O)Nc1ccc(F)cc1F. The molecule has 152 valence electrons. The van der Waals surface area contributed by atoms with Gasteiger partial charge in [-0.15, -0.1) is 0 Å². The molecule has 0 heterocycles. The fourth-order valence-corrected chi connectivity index (χ4v) is 3.27. The van der Waals surface area contributed by atoms with Gasteiger partial charge >= 0.3 is 0 Å². The van der Waals surface area contributed by atoms with Gasteiger partial charge in [-0.1, -0.05) is 0 Å². The molecule has 0 aliphatic carbocycles. The molecule has 0 spiro atoms. The minimum absolute atomic E-state index is 0.0617. The molecule has 2 aromatic rings. The van der Waals surface area contributed by atoms with Crippen molar-refractivity contribution in [2.75, 3.05) is 43.1 Å². The van der Waals surface area contributed by atoms with E-state index in [2.05, 4.69) is 16.0 Å². The molecule has 0 bridgehead atoms. The van der Waals surface area contributed by atoms with Crippen molar-refractivity contribution in [2.45, 2.75) is 11.8 Å². The van der Waals surface area contributed by atoms with E-state index < -0.39 is 27.6 Å². The number of nitrogens with one attached hydrogen (secondary N) is 3. The van der Waals surface area contributed by atoms with Gasteiger partial charge in [-0.25, -0.2) is 21.5 Å². The van der Waals surface area contributed by atoms with E-state index in [0.29, 0.717) is 24.0 Å². The second kappa shape index (κ2) is 8.98. The Hall–Kier alpha value is -2.72. The Morgan fingerprint density at radius 1 is 1.00 bits per heavy atom. The number of hydrogen-bond donors (Lipinski definition) is 3. The van der Waals surface area contributed by atoms with E-state index in [0.717, 1.165) is 16.4 Å². The number of carbonyl (C=O) groups is 1. The molecule has 0 saturated carbocycles. The first-order chi connectivity index (χ1) is 13.1. The minimum Gasteiger partial charge on any atom is -0.384 e. The number of anilines is 3. The maximum absolute atomic E-state index is 13.6. The van der Waals surface area contributed by atoms with E-state index in [1.54, 1.807) is 6.07 Å². The lowest BCUT2D eigenvalue weighted by molar-refractivity contribution is -0.114. The number of hydrogen-bond acceptors (Lipinski definition) is 5. The molecule has 7 nitrogen and oxygen atoms in total. The maximum Gasteiger partial charge on any atom is 0.243 e. The van der Waals surface area contributed by atoms with E-state index in [1.807, 2.05) is 6.92 Å². The van der Waals surface area contributed by atoms with Gasteiger partial charge in [-0.05, 0) is 37.3 Å². The van der Waals surface area contributed by atoms with Crippen molar-refractivity contribution >= 4 is 33.0 Å². The van der Waals surface area contributed by atoms with Crippen molar-refractivity contribution in [3.8, 4) is 0 Å². The van der Waals surface area contributed by atoms with E-state index >= 15 is 0 Å². The summed E-state index contributed by atoms with van der Waals surface area (Å²) >= 11 is 0. The minimum atomic E-state index is -3.65. The van der Waals surface area contributed by atoms with Crippen LogP contribution in [0.3, 0.4) is 0 Å². The molecule has 0 aliphatic rings. The van der Waals surface area contributed by atoms with Crippen molar-refractivity contribution in [3.63, 3.8) is 0 Å². The van der Waals surface area contributed by atoms with Crippen LogP contribution in [0.25, 0.3) is 0 Å². The lowest BCUT2D eigenvalue weighted by Gasteiger charge is -2.17. The molecule has 0 fully saturated rings. The molecule has 28 heavy (non-hydrogen) atoms. The first-order valence-electron chi connectivity index (χ1n) is 8.44. The third-order valence-electron chi connectivity index (χ3n) is 3.78. The molecule has 0 saturated heterocycles. The van der Waals surface area contributed by atoms with E-state index in [-0.39, 0.29) is 17.1 Å². The molecule has 0 aromatic heterocycles. The molecular formula is C18H22F2N4O3S. The van der Waals surface area contributed by atoms with Crippen LogP contribution in [0.5, 0.6) is 0 Å². The fourth-order valence-electron chi connectivity index (χ4n) is 2.35. The number of amides is 1. The van der Waals surface area contributed by atoms with Gasteiger partial charge in [0.1, 0.15) is 11.6 Å². The zero-order chi connectivity index (χ0) is 20.9. The molecule has 1 amide bonds. The fraction of sp³-hybridized carbons (Fsp3) is 0.278. The Labute approximate surface area is 162 Å². The van der Waals surface area contributed by atoms with Crippen LogP contribution in [0, 0.1) is 11.6 Å². The van der Waals surface area contributed by atoms with Crippen LogP contribution in [-0.2, 0) is 14.8 Å². The highest BCUT2D eigenvalue weighted by Crippen LogP contribution is 2.26. The number of sulfonamides is 1. The molecule has 0 atom stereocenters. The summed E-state index contributed by atoms with van der Waals surface area (Å²) in [5, 5.41) is 8.25. The summed E-state index contributed by atoms with van der Waals surface area (Å²) in [6, 6.07) is 7.30. The van der Waals surface area contributed by atoms with Crippen molar-refractivity contribution in [1.29, 1.82) is 0 Å². The summed E-state index contributed by atoms with van der Waals surface area (Å²) < 4.78 is 52.3. The molecule has 10 heteroatoms. The Balaban J connectivity index is 2.18. The highest BCUT2D eigenvalue weighted by Gasteiger charge is 2.19. The number of benzene rings is 2. The molecule has 2 aromatic carbocycles. The molecule has 3 N–H and O–H groups in total. The lowest BCUT2D eigenvalue weighted by Crippen LogP contribution is -2.24. The number of carbonyl (C=O) groups excluding carboxylic acids is 1. The number of halogens is 2. The predicted octanol–water partition coefficient (Wildman–Crippen LogP) is 2.70. The van der Waals surface area contributed by atoms with E-state index in [4.69, 9.17) is 0 Å². The standard InChI is InChI=1S/C18H22F2N4O3S/c1-4-21-16-8-6-13(28(26,27)24(2)3)10-17(16)22-11-18(25)23-15-7-5-12(19)9-14(15)20/h5-10,21-22H,4,11H2,1-3H3,(H,23,25). The van der Waals surface area contributed by atoms with Crippen LogP contribution in [0.15, 0.2) is 41.3 Å². The van der Waals surface area contributed by atoms with Crippen LogP contribution < -0.4 is 16.0 Å². The molecule has 0 unspecified atom stereocenters. The highest BCUT2D eigenvalue weighted by atomic mass is 32.2. The average molecular weight is 412 g/mol. The summed E-state index contributed by atoms with van der Waals surface area (Å²) in [6.07, 6.45) is 0. The average Bonchev–Trinajstić information content (AvgIpc) is 2.63. The van der Waals surface area contributed by atoms with Gasteiger partial charge in [0, 0.05) is 26.7 Å². The number of rotatable bonds is 8. The van der Waals surface area contributed by atoms with Crippen LogP contribution >= 0.6 is 0 Å². The Kier molecular flexibility index (Phi) is 6.92. The third-order valence-corrected chi connectivity index (χ3v) is 5.59. The first-order valence-corrected chi connectivity index (χ1v) is 9.88. The molecule has 0 aliphatic heterocycles. The van der Waals surface area contributed by atoms with E-state index in [1.165, 1.54) is 26.2 Å².